The summed E-state index contributed by atoms with van der Waals surface area (Å²) in [6, 6.07) is 0.870. The van der Waals surface area contributed by atoms with Gasteiger partial charge in [0, 0.05) is 12.1 Å². The van der Waals surface area contributed by atoms with E-state index in [2.05, 4.69) is 0 Å². The van der Waals surface area contributed by atoms with Crippen molar-refractivity contribution in [1.82, 2.24) is 0 Å². The number of hydrogen-bond acceptors (Lipinski definition) is 6. The van der Waals surface area contributed by atoms with Crippen LogP contribution in [0.4, 0.5) is 11.4 Å². The van der Waals surface area contributed by atoms with Gasteiger partial charge in [-0.2, -0.15) is 8.42 Å². The summed E-state index contributed by atoms with van der Waals surface area (Å²) in [5.74, 6) is 0. The van der Waals surface area contributed by atoms with E-state index in [1.54, 1.807) is 0 Å². The van der Waals surface area contributed by atoms with Gasteiger partial charge in [-0.05, 0) is 0 Å². The van der Waals surface area contributed by atoms with Gasteiger partial charge in [0.1, 0.15) is 4.90 Å². The molecule has 0 unspecified atom stereocenters. The van der Waals surface area contributed by atoms with E-state index in [0.29, 0.717) is 12.1 Å². The Morgan fingerprint density at radius 2 is 1.50 bits per heavy atom. The topological polar surface area (TPSA) is 141 Å². The van der Waals surface area contributed by atoms with Gasteiger partial charge in [-0.25, -0.2) is 0 Å². The zero-order valence-corrected chi connectivity index (χ0v) is 13.4. The minimum absolute atomic E-state index is 0. The third-order valence-electron chi connectivity index (χ3n) is 1.70. The fourth-order valence-electron chi connectivity index (χ4n) is 0.984. The molecule has 1 aromatic carbocycles. The van der Waals surface area contributed by atoms with Crippen LogP contribution in [-0.2, 0) is 10.1 Å². The van der Waals surface area contributed by atoms with Crippen LogP contribution in [0.25, 0.3) is 0 Å². The van der Waals surface area contributed by atoms with Gasteiger partial charge >= 0.3 is 51.4 Å². The number of nitro benzene ring substituents is 2. The van der Waals surface area contributed by atoms with Crippen molar-refractivity contribution < 1.29 is 75.6 Å². The van der Waals surface area contributed by atoms with Crippen LogP contribution >= 0.6 is 11.6 Å². The average molecular weight is 323 g/mol. The Balaban J connectivity index is 0. The number of nitrogens with zero attached hydrogens (tertiary/aromatic N) is 2. The zero-order valence-electron chi connectivity index (χ0n) is 9.73. The molecule has 1 rings (SSSR count). The van der Waals surface area contributed by atoms with E-state index >= 15 is 0 Å². The van der Waals surface area contributed by atoms with Crippen LogP contribution in [0.3, 0.4) is 0 Å². The fourth-order valence-corrected chi connectivity index (χ4v) is 1.75. The Labute approximate surface area is 149 Å². The predicted octanol–water partition coefficient (Wildman–Crippen LogP) is -1.48. The van der Waals surface area contributed by atoms with Crippen LogP contribution in [-0.4, -0.2) is 22.8 Å². The van der Waals surface area contributed by atoms with Crippen molar-refractivity contribution in [2.45, 2.75) is 4.90 Å². The maximum absolute atomic E-state index is 10.8. The number of nitro groups is 2. The van der Waals surface area contributed by atoms with Gasteiger partial charge in [-0.1, -0.05) is 11.6 Å². The van der Waals surface area contributed by atoms with E-state index in [0.717, 1.165) is 0 Å². The molecule has 0 saturated carbocycles. The Morgan fingerprint density at radius 1 is 1.17 bits per heavy atom. The minimum Gasteiger partial charge on any atom is -1.00 e. The fraction of sp³-hybridized carbons (Fsp3) is 0. The maximum atomic E-state index is 10.8. The van der Waals surface area contributed by atoms with Gasteiger partial charge in [0.15, 0.2) is 5.02 Å². The molecule has 0 aliphatic rings. The largest absolute Gasteiger partial charge is 1.00 e. The van der Waals surface area contributed by atoms with Crippen LogP contribution < -0.4 is 51.4 Å². The second-order valence-corrected chi connectivity index (χ2v) is 4.56. The van der Waals surface area contributed by atoms with E-state index in [4.69, 9.17) is 16.2 Å². The molecular formula is C6H4ClKN2O7S. The molecule has 0 amide bonds. The van der Waals surface area contributed by atoms with Crippen LogP contribution in [0.15, 0.2) is 17.0 Å². The molecule has 0 radical (unpaired) electrons. The molecule has 0 spiro atoms. The molecule has 94 valence electrons. The monoisotopic (exact) mass is 322 g/mol. The maximum Gasteiger partial charge on any atom is 1.00 e. The first-order chi connectivity index (χ1) is 7.64. The number of halogens is 1. The Hall–Kier alpha value is -0.144. The molecular weight excluding hydrogens is 319 g/mol. The van der Waals surface area contributed by atoms with Gasteiger partial charge in [0.2, 0.25) is 0 Å². The van der Waals surface area contributed by atoms with Crippen LogP contribution in [0.2, 0.25) is 5.02 Å². The second kappa shape index (κ2) is 6.34. The van der Waals surface area contributed by atoms with Gasteiger partial charge in [-0.15, -0.1) is 0 Å². The summed E-state index contributed by atoms with van der Waals surface area (Å²) < 4.78 is 30.2. The molecule has 0 aromatic heterocycles. The minimum atomic E-state index is -4.80. The van der Waals surface area contributed by atoms with E-state index in [1.807, 2.05) is 0 Å². The van der Waals surface area contributed by atoms with Crippen molar-refractivity contribution in [3.63, 3.8) is 0 Å². The average Bonchev–Trinajstić information content (AvgIpc) is 2.14. The molecule has 0 atom stereocenters. The molecule has 0 saturated heterocycles. The first-order valence-corrected chi connectivity index (χ1v) is 5.56. The van der Waals surface area contributed by atoms with E-state index in [-0.39, 0.29) is 52.8 Å². The number of rotatable bonds is 3. The molecule has 1 aromatic rings. The summed E-state index contributed by atoms with van der Waals surface area (Å²) in [4.78, 5) is 17.8. The molecule has 0 bridgehead atoms. The van der Waals surface area contributed by atoms with Gasteiger partial charge in [0.05, 0.1) is 9.85 Å². The van der Waals surface area contributed by atoms with Crippen molar-refractivity contribution in [1.29, 1.82) is 0 Å². The summed E-state index contributed by atoms with van der Waals surface area (Å²) in [5.41, 5.74) is -1.96. The normalized spacial score (nSPS) is 10.6. The van der Waals surface area contributed by atoms with Crippen molar-refractivity contribution in [3.8, 4) is 0 Å². The molecule has 18 heavy (non-hydrogen) atoms. The third kappa shape index (κ3) is 3.93. The van der Waals surface area contributed by atoms with Gasteiger partial charge in [-0.3, -0.25) is 24.8 Å². The first-order valence-electron chi connectivity index (χ1n) is 3.74. The number of hydrogen-bond donors (Lipinski definition) is 1. The first kappa shape index (κ1) is 17.9. The van der Waals surface area contributed by atoms with Crippen LogP contribution in [0, 0.1) is 20.2 Å². The van der Waals surface area contributed by atoms with Crippen LogP contribution in [0.1, 0.15) is 1.43 Å². The van der Waals surface area contributed by atoms with E-state index in [9.17, 15) is 28.6 Å². The van der Waals surface area contributed by atoms with Crippen molar-refractivity contribution in [2.24, 2.45) is 0 Å². The molecule has 1 N–H and O–H groups in total. The quantitative estimate of drug-likeness (QED) is 0.309. The number of benzene rings is 1. The summed E-state index contributed by atoms with van der Waals surface area (Å²) in [6.07, 6.45) is 0. The molecule has 9 nitrogen and oxygen atoms in total. The summed E-state index contributed by atoms with van der Waals surface area (Å²) in [7, 11) is -4.80. The molecule has 0 aliphatic carbocycles. The standard InChI is InChI=1S/C6H3ClN2O7S.K.H/c7-6-4(8(10)11)1-3(17(14,15)16)2-5(6)9(12)13;;/h1-2H,(H,14,15,16);;/q;+1;-1. The van der Waals surface area contributed by atoms with Crippen LogP contribution in [0.5, 0.6) is 0 Å². The summed E-state index contributed by atoms with van der Waals surface area (Å²) in [5, 5.41) is 20.2. The summed E-state index contributed by atoms with van der Waals surface area (Å²) in [6.45, 7) is 0. The third-order valence-corrected chi connectivity index (χ3v) is 2.92. The second-order valence-electron chi connectivity index (χ2n) is 2.76. The van der Waals surface area contributed by atoms with Gasteiger partial charge < -0.3 is 1.43 Å². The molecule has 0 heterocycles. The van der Waals surface area contributed by atoms with E-state index in [1.165, 1.54) is 0 Å². The Morgan fingerprint density at radius 3 is 1.72 bits per heavy atom. The SMILES string of the molecule is O=[N+]([O-])c1cc(S(=O)(=O)O)cc([N+](=O)[O-])c1Cl.[H-].[K+]. The van der Waals surface area contributed by atoms with Crippen molar-refractivity contribution in [3.05, 3.63) is 37.4 Å². The van der Waals surface area contributed by atoms with Crippen molar-refractivity contribution in [2.75, 3.05) is 0 Å². The Bertz CT molecular complexity index is 587. The summed E-state index contributed by atoms with van der Waals surface area (Å²) >= 11 is 5.36. The van der Waals surface area contributed by atoms with E-state index < -0.39 is 41.3 Å². The molecule has 0 aliphatic heterocycles. The zero-order chi connectivity index (χ0) is 13.4. The van der Waals surface area contributed by atoms with Gasteiger partial charge in [0.25, 0.3) is 21.5 Å². The Kier molecular flexibility index (Phi) is 6.29. The predicted molar refractivity (Wildman–Crippen MR) is 55.7 cm³/mol. The molecule has 12 heteroatoms. The smallest absolute Gasteiger partial charge is 1.00 e. The molecule has 0 fully saturated rings. The van der Waals surface area contributed by atoms with Crippen molar-refractivity contribution >= 4 is 33.1 Å².